The van der Waals surface area contributed by atoms with Crippen molar-refractivity contribution < 1.29 is 24.2 Å². The fraction of sp³-hybridized carbons (Fsp3) is 0.368. The molecule has 0 saturated heterocycles. The molecule has 1 heterocycles. The predicted octanol–water partition coefficient (Wildman–Crippen LogP) is 3.34. The Balaban J connectivity index is 1.99. The van der Waals surface area contributed by atoms with Crippen LogP contribution in [0.15, 0.2) is 36.7 Å². The van der Waals surface area contributed by atoms with Crippen LogP contribution in [0.25, 0.3) is 0 Å². The van der Waals surface area contributed by atoms with Gasteiger partial charge in [-0.1, -0.05) is 12.1 Å². The van der Waals surface area contributed by atoms with Gasteiger partial charge in [-0.25, -0.2) is 19.6 Å². The third-order valence-corrected chi connectivity index (χ3v) is 3.41. The van der Waals surface area contributed by atoms with Crippen molar-refractivity contribution in [1.29, 1.82) is 0 Å². The number of amides is 1. The van der Waals surface area contributed by atoms with Crippen molar-refractivity contribution in [3.8, 4) is 5.88 Å². The normalized spacial score (nSPS) is 12.1. The van der Waals surface area contributed by atoms with Crippen LogP contribution in [0, 0.1) is 0 Å². The molecule has 0 fully saturated rings. The first-order chi connectivity index (χ1) is 12.6. The van der Waals surface area contributed by atoms with Crippen LogP contribution < -0.4 is 10.1 Å². The molecular formula is C19H23N3O5. The topological polar surface area (TPSA) is 111 Å². The van der Waals surface area contributed by atoms with E-state index in [9.17, 15) is 9.59 Å². The molecule has 8 nitrogen and oxygen atoms in total. The Kier molecular flexibility index (Phi) is 6.33. The van der Waals surface area contributed by atoms with Crippen molar-refractivity contribution in [2.75, 3.05) is 0 Å². The molecule has 0 aliphatic heterocycles. The van der Waals surface area contributed by atoms with E-state index in [4.69, 9.17) is 14.6 Å². The van der Waals surface area contributed by atoms with Crippen LogP contribution in [0.1, 0.15) is 55.4 Å². The third kappa shape index (κ3) is 6.58. The molecule has 0 aliphatic carbocycles. The summed E-state index contributed by atoms with van der Waals surface area (Å²) in [6.07, 6.45) is 0.384. The zero-order chi connectivity index (χ0) is 20.0. The molecule has 27 heavy (non-hydrogen) atoms. The lowest BCUT2D eigenvalue weighted by molar-refractivity contribution is 0.0522. The second kappa shape index (κ2) is 8.48. The van der Waals surface area contributed by atoms with Crippen LogP contribution in [-0.4, -0.2) is 32.7 Å². The number of carbonyl (C=O) groups excluding carboxylic acids is 1. The Hall–Kier alpha value is -3.16. The van der Waals surface area contributed by atoms with E-state index in [1.807, 2.05) is 0 Å². The Bertz CT molecular complexity index is 817. The van der Waals surface area contributed by atoms with E-state index in [1.54, 1.807) is 52.0 Å². The number of ether oxygens (including phenoxy) is 2. The van der Waals surface area contributed by atoms with Crippen molar-refractivity contribution in [2.24, 2.45) is 0 Å². The lowest BCUT2D eigenvalue weighted by Gasteiger charge is -2.19. The maximum atomic E-state index is 11.7. The molecule has 0 bridgehead atoms. The highest BCUT2D eigenvalue weighted by molar-refractivity contribution is 5.87. The molecule has 1 aromatic heterocycles. The van der Waals surface area contributed by atoms with Gasteiger partial charge in [0.15, 0.2) is 0 Å². The largest absolute Gasteiger partial charge is 0.478 e. The third-order valence-electron chi connectivity index (χ3n) is 3.41. The SMILES string of the molecule is CC(Oc1cc(CNC(=O)OC(C)(C)C)ncn1)c1cccc(C(=O)O)c1. The number of carbonyl (C=O) groups is 2. The van der Waals surface area contributed by atoms with Gasteiger partial charge in [0.05, 0.1) is 17.8 Å². The van der Waals surface area contributed by atoms with Gasteiger partial charge >= 0.3 is 12.1 Å². The second-order valence-corrected chi connectivity index (χ2v) is 6.89. The second-order valence-electron chi connectivity index (χ2n) is 6.89. The number of aromatic nitrogens is 2. The lowest BCUT2D eigenvalue weighted by atomic mass is 10.1. The molecule has 0 spiro atoms. The minimum atomic E-state index is -0.999. The summed E-state index contributed by atoms with van der Waals surface area (Å²) in [6, 6.07) is 8.12. The summed E-state index contributed by atoms with van der Waals surface area (Å²) < 4.78 is 10.9. The van der Waals surface area contributed by atoms with Crippen LogP contribution in [0.5, 0.6) is 5.88 Å². The average molecular weight is 373 g/mol. The van der Waals surface area contributed by atoms with Crippen LogP contribution in [0.2, 0.25) is 0 Å². The summed E-state index contributed by atoms with van der Waals surface area (Å²) in [5, 5.41) is 11.7. The lowest BCUT2D eigenvalue weighted by Crippen LogP contribution is -2.32. The first-order valence-electron chi connectivity index (χ1n) is 8.42. The van der Waals surface area contributed by atoms with Gasteiger partial charge in [0.1, 0.15) is 18.0 Å². The van der Waals surface area contributed by atoms with Crippen molar-refractivity contribution >= 4 is 12.1 Å². The standard InChI is InChI=1S/C19H23N3O5/c1-12(13-6-5-7-14(8-13)17(23)24)26-16-9-15(21-11-22-16)10-20-18(25)27-19(2,3)4/h5-9,11-12H,10H2,1-4H3,(H,20,25)(H,23,24). The van der Waals surface area contributed by atoms with E-state index < -0.39 is 23.8 Å². The molecule has 2 rings (SSSR count). The van der Waals surface area contributed by atoms with Crippen LogP contribution in [0.3, 0.4) is 0 Å². The van der Waals surface area contributed by atoms with Gasteiger partial charge in [-0.2, -0.15) is 0 Å². The maximum absolute atomic E-state index is 11.7. The van der Waals surface area contributed by atoms with Gasteiger partial charge in [-0.05, 0) is 45.4 Å². The number of rotatable bonds is 6. The van der Waals surface area contributed by atoms with E-state index in [-0.39, 0.29) is 12.1 Å². The molecule has 2 aromatic rings. The smallest absolute Gasteiger partial charge is 0.407 e. The Morgan fingerprint density at radius 2 is 1.96 bits per heavy atom. The quantitative estimate of drug-likeness (QED) is 0.799. The fourth-order valence-corrected chi connectivity index (χ4v) is 2.19. The van der Waals surface area contributed by atoms with E-state index in [0.717, 1.165) is 0 Å². The van der Waals surface area contributed by atoms with E-state index >= 15 is 0 Å². The molecule has 0 aliphatic rings. The summed E-state index contributed by atoms with van der Waals surface area (Å²) in [6.45, 7) is 7.30. The van der Waals surface area contributed by atoms with Crippen molar-refractivity contribution in [3.05, 3.63) is 53.5 Å². The monoisotopic (exact) mass is 373 g/mol. The van der Waals surface area contributed by atoms with Crippen LogP contribution >= 0.6 is 0 Å². The number of benzene rings is 1. The number of nitrogens with one attached hydrogen (secondary N) is 1. The molecule has 1 unspecified atom stereocenters. The Morgan fingerprint density at radius 3 is 2.63 bits per heavy atom. The number of aromatic carboxylic acids is 1. The molecule has 144 valence electrons. The summed E-state index contributed by atoms with van der Waals surface area (Å²) in [5.41, 5.74) is 0.872. The molecular weight excluding hydrogens is 350 g/mol. The number of hydrogen-bond donors (Lipinski definition) is 2. The number of carboxylic acid groups (broad SMARTS) is 1. The van der Waals surface area contributed by atoms with Crippen molar-refractivity contribution in [3.63, 3.8) is 0 Å². The number of hydrogen-bond acceptors (Lipinski definition) is 6. The van der Waals surface area contributed by atoms with Crippen LogP contribution in [-0.2, 0) is 11.3 Å². The minimum Gasteiger partial charge on any atom is -0.478 e. The summed E-state index contributed by atoms with van der Waals surface area (Å²) in [5.74, 6) is -0.680. The average Bonchev–Trinajstić information content (AvgIpc) is 2.59. The minimum absolute atomic E-state index is 0.163. The van der Waals surface area contributed by atoms with Crippen LogP contribution in [0.4, 0.5) is 4.79 Å². The number of alkyl carbamates (subject to hydrolysis) is 1. The fourth-order valence-electron chi connectivity index (χ4n) is 2.19. The number of carboxylic acids is 1. The molecule has 1 atom stereocenters. The van der Waals surface area contributed by atoms with E-state index in [1.165, 1.54) is 12.4 Å². The summed E-state index contributed by atoms with van der Waals surface area (Å²) >= 11 is 0. The molecule has 2 N–H and O–H groups in total. The van der Waals surface area contributed by atoms with E-state index in [0.29, 0.717) is 17.1 Å². The first-order valence-corrected chi connectivity index (χ1v) is 8.42. The highest BCUT2D eigenvalue weighted by Crippen LogP contribution is 2.21. The zero-order valence-corrected chi connectivity index (χ0v) is 15.7. The molecule has 0 radical (unpaired) electrons. The highest BCUT2D eigenvalue weighted by atomic mass is 16.6. The van der Waals surface area contributed by atoms with Gasteiger partial charge in [-0.15, -0.1) is 0 Å². The van der Waals surface area contributed by atoms with Crippen molar-refractivity contribution in [2.45, 2.75) is 45.9 Å². The Labute approximate surface area is 157 Å². The van der Waals surface area contributed by atoms with Gasteiger partial charge in [0.25, 0.3) is 0 Å². The van der Waals surface area contributed by atoms with E-state index in [2.05, 4.69) is 15.3 Å². The molecule has 1 amide bonds. The van der Waals surface area contributed by atoms with Gasteiger partial charge in [0.2, 0.25) is 5.88 Å². The molecule has 8 heteroatoms. The maximum Gasteiger partial charge on any atom is 0.407 e. The summed E-state index contributed by atoms with van der Waals surface area (Å²) in [7, 11) is 0. The van der Waals surface area contributed by atoms with Gasteiger partial charge in [-0.3, -0.25) is 0 Å². The molecule has 1 aromatic carbocycles. The van der Waals surface area contributed by atoms with Gasteiger partial charge < -0.3 is 19.9 Å². The number of nitrogens with zero attached hydrogens (tertiary/aromatic N) is 2. The zero-order valence-electron chi connectivity index (χ0n) is 15.7. The first kappa shape index (κ1) is 20.2. The Morgan fingerprint density at radius 1 is 1.22 bits per heavy atom. The van der Waals surface area contributed by atoms with Gasteiger partial charge in [0, 0.05) is 6.07 Å². The predicted molar refractivity (Wildman–Crippen MR) is 97.6 cm³/mol. The summed E-state index contributed by atoms with van der Waals surface area (Å²) in [4.78, 5) is 30.9. The molecule has 0 saturated carbocycles. The highest BCUT2D eigenvalue weighted by Gasteiger charge is 2.16. The van der Waals surface area contributed by atoms with Crippen molar-refractivity contribution in [1.82, 2.24) is 15.3 Å².